The van der Waals surface area contributed by atoms with Crippen LogP contribution in [0.1, 0.15) is 37.3 Å². The summed E-state index contributed by atoms with van der Waals surface area (Å²) in [6.45, 7) is 0.176. The Balaban J connectivity index is 2.28. The summed E-state index contributed by atoms with van der Waals surface area (Å²) in [6.07, 6.45) is 4.37. The molecule has 1 saturated carbocycles. The fraction of sp³-hybridized carbons (Fsp3) is 0.571. The molecule has 2 rings (SSSR count). The number of halogens is 3. The number of hydrogen-bond donors (Lipinski definition) is 1. The van der Waals surface area contributed by atoms with Crippen LogP contribution in [0.2, 0.25) is 0 Å². The summed E-state index contributed by atoms with van der Waals surface area (Å²) >= 11 is 0. The molecule has 2 nitrogen and oxygen atoms in total. The van der Waals surface area contributed by atoms with Crippen LogP contribution in [0.3, 0.4) is 0 Å². The number of nitrogens with zero attached hydrogens (tertiary/aromatic N) is 1. The Bertz CT molecular complexity index is 445. The van der Waals surface area contributed by atoms with Crippen LogP contribution in [0, 0.1) is 17.5 Å². The summed E-state index contributed by atoms with van der Waals surface area (Å²) in [6, 6.07) is 1.43. The molecule has 0 aliphatic heterocycles. The molecule has 19 heavy (non-hydrogen) atoms. The van der Waals surface area contributed by atoms with Gasteiger partial charge in [-0.15, -0.1) is 0 Å². The van der Waals surface area contributed by atoms with Crippen LogP contribution in [0.15, 0.2) is 12.1 Å². The van der Waals surface area contributed by atoms with Crippen molar-refractivity contribution in [3.8, 4) is 0 Å². The number of benzene rings is 1. The molecule has 1 aliphatic rings. The zero-order valence-corrected chi connectivity index (χ0v) is 11.0. The van der Waals surface area contributed by atoms with E-state index in [1.165, 1.54) is 0 Å². The molecule has 2 N–H and O–H groups in total. The molecule has 1 aliphatic carbocycles. The molecule has 0 radical (unpaired) electrons. The number of nitrogens with two attached hydrogens (primary N) is 1. The van der Waals surface area contributed by atoms with Crippen LogP contribution in [-0.4, -0.2) is 24.5 Å². The van der Waals surface area contributed by atoms with Gasteiger partial charge < -0.3 is 5.73 Å². The van der Waals surface area contributed by atoms with E-state index in [2.05, 4.69) is 0 Å². The minimum absolute atomic E-state index is 0.135. The van der Waals surface area contributed by atoms with E-state index >= 15 is 0 Å². The maximum Gasteiger partial charge on any atom is 0.161 e. The van der Waals surface area contributed by atoms with Crippen molar-refractivity contribution < 1.29 is 13.2 Å². The maximum atomic E-state index is 13.8. The van der Waals surface area contributed by atoms with E-state index in [1.54, 1.807) is 0 Å². The first kappa shape index (κ1) is 14.3. The second-order valence-electron chi connectivity index (χ2n) is 5.14. The van der Waals surface area contributed by atoms with E-state index in [0.717, 1.165) is 31.7 Å². The molecule has 0 saturated heterocycles. The molecule has 0 spiro atoms. The predicted octanol–water partition coefficient (Wildman–Crippen LogP) is 2.98. The molecular weight excluding hydrogens is 253 g/mol. The third kappa shape index (κ3) is 2.92. The van der Waals surface area contributed by atoms with E-state index in [-0.39, 0.29) is 12.1 Å². The van der Waals surface area contributed by atoms with Crippen LogP contribution in [0.25, 0.3) is 0 Å². The van der Waals surface area contributed by atoms with Gasteiger partial charge in [0.15, 0.2) is 11.6 Å². The Labute approximate surface area is 111 Å². The smallest absolute Gasteiger partial charge is 0.161 e. The van der Waals surface area contributed by atoms with E-state index in [9.17, 15) is 13.2 Å². The largest absolute Gasteiger partial charge is 0.329 e. The van der Waals surface area contributed by atoms with Crippen molar-refractivity contribution in [3.05, 3.63) is 35.1 Å². The highest BCUT2D eigenvalue weighted by atomic mass is 19.2. The lowest BCUT2D eigenvalue weighted by molar-refractivity contribution is 0.175. The zero-order chi connectivity index (χ0) is 14.0. The fourth-order valence-electron chi connectivity index (χ4n) is 2.87. The zero-order valence-electron chi connectivity index (χ0n) is 11.0. The van der Waals surface area contributed by atoms with Crippen molar-refractivity contribution in [1.29, 1.82) is 0 Å². The van der Waals surface area contributed by atoms with Crippen molar-refractivity contribution in [1.82, 2.24) is 4.90 Å². The predicted molar refractivity (Wildman–Crippen MR) is 68.1 cm³/mol. The minimum atomic E-state index is -1.17. The molecule has 0 heterocycles. The summed E-state index contributed by atoms with van der Waals surface area (Å²) in [5, 5.41) is 0. The van der Waals surface area contributed by atoms with Crippen molar-refractivity contribution >= 4 is 0 Å². The Hall–Kier alpha value is -1.07. The number of likely N-dealkylation sites (N-methyl/N-ethyl adjacent to an activating group) is 1. The molecule has 0 amide bonds. The molecule has 0 aromatic heterocycles. The molecule has 0 bridgehead atoms. The van der Waals surface area contributed by atoms with Crippen LogP contribution < -0.4 is 5.73 Å². The van der Waals surface area contributed by atoms with Gasteiger partial charge in [-0.05, 0) is 26.0 Å². The Kier molecular flexibility index (Phi) is 4.47. The lowest BCUT2D eigenvalue weighted by atomic mass is 10.0. The fourth-order valence-corrected chi connectivity index (χ4v) is 2.87. The van der Waals surface area contributed by atoms with Crippen molar-refractivity contribution in [2.75, 3.05) is 13.6 Å². The van der Waals surface area contributed by atoms with Gasteiger partial charge >= 0.3 is 0 Å². The van der Waals surface area contributed by atoms with Gasteiger partial charge in [0.25, 0.3) is 0 Å². The van der Waals surface area contributed by atoms with Crippen LogP contribution in [0.5, 0.6) is 0 Å². The minimum Gasteiger partial charge on any atom is -0.329 e. The molecular formula is C14H19F3N2. The van der Waals surface area contributed by atoms with Crippen molar-refractivity contribution in [2.24, 2.45) is 5.73 Å². The van der Waals surface area contributed by atoms with Crippen molar-refractivity contribution in [3.63, 3.8) is 0 Å². The monoisotopic (exact) mass is 272 g/mol. The van der Waals surface area contributed by atoms with Gasteiger partial charge in [0.1, 0.15) is 5.82 Å². The SMILES string of the molecule is CN(C1CCCC1)C(CN)c1cc(F)c(F)cc1F. The molecule has 106 valence electrons. The molecule has 1 fully saturated rings. The van der Waals surface area contributed by atoms with E-state index in [0.29, 0.717) is 12.1 Å². The summed E-state index contributed by atoms with van der Waals surface area (Å²) in [5.41, 5.74) is 5.84. The Morgan fingerprint density at radius 1 is 1.16 bits per heavy atom. The third-order valence-corrected chi connectivity index (χ3v) is 4.01. The normalized spacial score (nSPS) is 18.2. The average Bonchev–Trinajstić information content (AvgIpc) is 2.90. The molecule has 1 aromatic rings. The molecule has 5 heteroatoms. The summed E-state index contributed by atoms with van der Waals surface area (Å²) in [5.74, 6) is -2.94. The number of rotatable bonds is 4. The van der Waals surface area contributed by atoms with Gasteiger partial charge in [-0.3, -0.25) is 4.90 Å². The van der Waals surface area contributed by atoms with Crippen LogP contribution in [-0.2, 0) is 0 Å². The second-order valence-corrected chi connectivity index (χ2v) is 5.14. The van der Waals surface area contributed by atoms with E-state index in [1.807, 2.05) is 11.9 Å². The molecule has 1 aromatic carbocycles. The average molecular weight is 272 g/mol. The standard InChI is InChI=1S/C14H19F3N2/c1-19(9-4-2-3-5-9)14(8-18)10-6-12(16)13(17)7-11(10)15/h6-7,9,14H,2-5,8,18H2,1H3. The van der Waals surface area contributed by atoms with Gasteiger partial charge in [0, 0.05) is 30.3 Å². The topological polar surface area (TPSA) is 29.3 Å². The van der Waals surface area contributed by atoms with E-state index < -0.39 is 23.5 Å². The molecule has 1 unspecified atom stereocenters. The highest BCUT2D eigenvalue weighted by molar-refractivity contribution is 5.24. The first-order valence-corrected chi connectivity index (χ1v) is 6.61. The maximum absolute atomic E-state index is 13.8. The van der Waals surface area contributed by atoms with E-state index in [4.69, 9.17) is 5.73 Å². The summed E-state index contributed by atoms with van der Waals surface area (Å²) in [7, 11) is 1.87. The van der Waals surface area contributed by atoms with Gasteiger partial charge in [0.2, 0.25) is 0 Å². The van der Waals surface area contributed by atoms with Gasteiger partial charge in [-0.2, -0.15) is 0 Å². The Morgan fingerprint density at radius 2 is 1.74 bits per heavy atom. The third-order valence-electron chi connectivity index (χ3n) is 4.01. The summed E-state index contributed by atoms with van der Waals surface area (Å²) in [4.78, 5) is 1.99. The first-order chi connectivity index (χ1) is 9.04. The van der Waals surface area contributed by atoms with Crippen molar-refractivity contribution in [2.45, 2.75) is 37.8 Å². The summed E-state index contributed by atoms with van der Waals surface area (Å²) < 4.78 is 40.1. The van der Waals surface area contributed by atoms with Crippen LogP contribution >= 0.6 is 0 Å². The van der Waals surface area contributed by atoms with Gasteiger partial charge in [-0.25, -0.2) is 13.2 Å². The molecule has 1 atom stereocenters. The van der Waals surface area contributed by atoms with Gasteiger partial charge in [0.05, 0.1) is 0 Å². The second kappa shape index (κ2) is 5.92. The first-order valence-electron chi connectivity index (χ1n) is 6.61. The lowest BCUT2D eigenvalue weighted by Gasteiger charge is -2.32. The van der Waals surface area contributed by atoms with Crippen LogP contribution in [0.4, 0.5) is 13.2 Å². The number of hydrogen-bond acceptors (Lipinski definition) is 2. The Morgan fingerprint density at radius 3 is 2.32 bits per heavy atom. The highest BCUT2D eigenvalue weighted by Crippen LogP contribution is 2.31. The highest BCUT2D eigenvalue weighted by Gasteiger charge is 2.28. The quantitative estimate of drug-likeness (QED) is 0.854. The van der Waals surface area contributed by atoms with Gasteiger partial charge in [-0.1, -0.05) is 12.8 Å². The lowest BCUT2D eigenvalue weighted by Crippen LogP contribution is -2.37.